The van der Waals surface area contributed by atoms with E-state index in [1.54, 1.807) is 6.07 Å². The van der Waals surface area contributed by atoms with E-state index >= 15 is 0 Å². The fourth-order valence-corrected chi connectivity index (χ4v) is 1.55. The predicted molar refractivity (Wildman–Crippen MR) is 64.0 cm³/mol. The number of nitrogens with one attached hydrogen (secondary N) is 1. The highest BCUT2D eigenvalue weighted by molar-refractivity contribution is 5.60. The minimum atomic E-state index is -0.789. The first kappa shape index (κ1) is 12.7. The highest BCUT2D eigenvalue weighted by atomic mass is 19.1. The average Bonchev–Trinajstić information content (AvgIpc) is 2.37. The molecule has 1 heterocycles. The Labute approximate surface area is 106 Å². The summed E-state index contributed by atoms with van der Waals surface area (Å²) < 4.78 is 26.4. The van der Waals surface area contributed by atoms with Crippen molar-refractivity contribution in [1.82, 2.24) is 9.97 Å². The Morgan fingerprint density at radius 3 is 2.74 bits per heavy atom. The number of hydrogen-bond acceptors (Lipinski definition) is 4. The number of hydrogen-bond donors (Lipinski definition) is 1. The number of aromatic amines is 1. The van der Waals surface area contributed by atoms with Crippen LogP contribution in [0.15, 0.2) is 29.1 Å². The van der Waals surface area contributed by atoms with Crippen LogP contribution in [0.2, 0.25) is 0 Å². The van der Waals surface area contributed by atoms with E-state index in [4.69, 9.17) is 5.26 Å². The number of anilines is 2. The van der Waals surface area contributed by atoms with Gasteiger partial charge in [0.25, 0.3) is 0 Å². The molecular formula is C12H8F2N4O. The number of rotatable bonds is 2. The molecule has 0 aliphatic carbocycles. The maximum absolute atomic E-state index is 13.6. The van der Waals surface area contributed by atoms with E-state index in [9.17, 15) is 13.6 Å². The molecule has 0 unspecified atom stereocenters. The first-order valence-electron chi connectivity index (χ1n) is 5.21. The summed E-state index contributed by atoms with van der Waals surface area (Å²) in [5.74, 6) is -1.40. The lowest BCUT2D eigenvalue weighted by Crippen LogP contribution is -2.20. The quantitative estimate of drug-likeness (QED) is 0.893. The van der Waals surface area contributed by atoms with Crippen LogP contribution in [0, 0.1) is 23.0 Å². The van der Waals surface area contributed by atoms with Crippen LogP contribution in [0.4, 0.5) is 20.3 Å². The van der Waals surface area contributed by atoms with Crippen molar-refractivity contribution in [2.45, 2.75) is 0 Å². The summed E-state index contributed by atoms with van der Waals surface area (Å²) in [6, 6.07) is 6.10. The van der Waals surface area contributed by atoms with Crippen LogP contribution in [0.5, 0.6) is 0 Å². The fraction of sp³-hybridized carbons (Fsp3) is 0.0833. The molecule has 0 fully saturated rings. The van der Waals surface area contributed by atoms with Crippen LogP contribution < -0.4 is 10.6 Å². The third-order valence-electron chi connectivity index (χ3n) is 2.47. The van der Waals surface area contributed by atoms with Gasteiger partial charge in [-0.2, -0.15) is 10.2 Å². The van der Waals surface area contributed by atoms with Crippen LogP contribution in [-0.4, -0.2) is 17.0 Å². The number of halogens is 2. The van der Waals surface area contributed by atoms with Gasteiger partial charge in [0.2, 0.25) is 0 Å². The third-order valence-corrected chi connectivity index (χ3v) is 2.47. The van der Waals surface area contributed by atoms with Gasteiger partial charge >= 0.3 is 5.69 Å². The van der Waals surface area contributed by atoms with E-state index in [1.165, 1.54) is 24.1 Å². The summed E-state index contributed by atoms with van der Waals surface area (Å²) in [5, 5.41) is 8.74. The zero-order valence-corrected chi connectivity index (χ0v) is 9.82. The molecule has 0 radical (unpaired) electrons. The van der Waals surface area contributed by atoms with Crippen LogP contribution in [-0.2, 0) is 0 Å². The summed E-state index contributed by atoms with van der Waals surface area (Å²) >= 11 is 0. The highest BCUT2D eigenvalue weighted by Gasteiger charge is 2.13. The lowest BCUT2D eigenvalue weighted by molar-refractivity contribution is 0.583. The Hall–Kier alpha value is -2.75. The Morgan fingerprint density at radius 2 is 2.11 bits per heavy atom. The maximum atomic E-state index is 13.6. The molecule has 0 atom stereocenters. The Balaban J connectivity index is 2.50. The van der Waals surface area contributed by atoms with Crippen molar-refractivity contribution >= 4 is 11.5 Å². The van der Waals surface area contributed by atoms with Gasteiger partial charge in [0.15, 0.2) is 0 Å². The van der Waals surface area contributed by atoms with Crippen molar-refractivity contribution in [2.75, 3.05) is 11.9 Å². The van der Waals surface area contributed by atoms with Gasteiger partial charge in [-0.15, -0.1) is 0 Å². The van der Waals surface area contributed by atoms with Gasteiger partial charge in [-0.3, -0.25) is 4.98 Å². The first-order chi connectivity index (χ1) is 9.01. The molecule has 1 N–H and O–H groups in total. The molecule has 0 aliphatic rings. The molecule has 0 bridgehead atoms. The summed E-state index contributed by atoms with van der Waals surface area (Å²) in [6.45, 7) is 0. The lowest BCUT2D eigenvalue weighted by atomic mass is 10.2. The molecule has 1 aromatic heterocycles. The van der Waals surface area contributed by atoms with Crippen LogP contribution >= 0.6 is 0 Å². The molecular weight excluding hydrogens is 254 g/mol. The minimum absolute atomic E-state index is 0.00405. The van der Waals surface area contributed by atoms with E-state index in [1.807, 2.05) is 0 Å². The van der Waals surface area contributed by atoms with Gasteiger partial charge in [0, 0.05) is 19.2 Å². The topological polar surface area (TPSA) is 72.8 Å². The first-order valence-corrected chi connectivity index (χ1v) is 5.21. The number of benzene rings is 1. The highest BCUT2D eigenvalue weighted by Crippen LogP contribution is 2.24. The smallest absolute Gasteiger partial charge is 0.327 e. The summed E-state index contributed by atoms with van der Waals surface area (Å²) in [6.07, 6.45) is 0. The van der Waals surface area contributed by atoms with Crippen LogP contribution in [0.3, 0.4) is 0 Å². The molecule has 19 heavy (non-hydrogen) atoms. The molecule has 7 heteroatoms. The van der Waals surface area contributed by atoms with Crippen molar-refractivity contribution in [2.24, 2.45) is 0 Å². The van der Waals surface area contributed by atoms with E-state index in [0.29, 0.717) is 0 Å². The largest absolute Gasteiger partial charge is 0.347 e. The van der Waals surface area contributed by atoms with Crippen LogP contribution in [0.1, 0.15) is 5.69 Å². The van der Waals surface area contributed by atoms with Crippen molar-refractivity contribution in [3.8, 4) is 6.07 Å². The van der Waals surface area contributed by atoms with Gasteiger partial charge < -0.3 is 4.90 Å². The average molecular weight is 262 g/mol. The molecule has 96 valence electrons. The standard InChI is InChI=1S/C12H8F2N4O/c1-18(10-3-2-7(13)4-9(10)14)11-5-8(6-15)16-12(19)17-11/h2-5H,1H3,(H,16,17,19). The van der Waals surface area contributed by atoms with Crippen molar-refractivity contribution in [3.63, 3.8) is 0 Å². The van der Waals surface area contributed by atoms with E-state index in [-0.39, 0.29) is 17.2 Å². The van der Waals surface area contributed by atoms with Gasteiger partial charge in [0.1, 0.15) is 29.2 Å². The Morgan fingerprint density at radius 1 is 1.37 bits per heavy atom. The fourth-order valence-electron chi connectivity index (χ4n) is 1.55. The van der Waals surface area contributed by atoms with Crippen LogP contribution in [0.25, 0.3) is 0 Å². The van der Waals surface area contributed by atoms with Crippen molar-refractivity contribution in [1.29, 1.82) is 5.26 Å². The normalized spacial score (nSPS) is 10.0. The van der Waals surface area contributed by atoms with E-state index in [2.05, 4.69) is 9.97 Å². The zero-order valence-electron chi connectivity index (χ0n) is 9.82. The van der Waals surface area contributed by atoms with Gasteiger partial charge in [-0.1, -0.05) is 0 Å². The molecule has 5 nitrogen and oxygen atoms in total. The van der Waals surface area contributed by atoms with Gasteiger partial charge in [-0.25, -0.2) is 13.6 Å². The molecule has 0 aliphatic heterocycles. The molecule has 0 amide bonds. The second kappa shape index (κ2) is 4.86. The second-order valence-electron chi connectivity index (χ2n) is 3.72. The monoisotopic (exact) mass is 262 g/mol. The third kappa shape index (κ3) is 2.57. The number of aromatic nitrogens is 2. The van der Waals surface area contributed by atoms with E-state index < -0.39 is 17.3 Å². The molecule has 0 spiro atoms. The number of nitriles is 1. The van der Waals surface area contributed by atoms with Gasteiger partial charge in [-0.05, 0) is 12.1 Å². The summed E-state index contributed by atoms with van der Waals surface area (Å²) in [4.78, 5) is 18.3. The second-order valence-corrected chi connectivity index (χ2v) is 3.72. The van der Waals surface area contributed by atoms with Gasteiger partial charge in [0.05, 0.1) is 5.69 Å². The number of nitrogens with zero attached hydrogens (tertiary/aromatic N) is 3. The Bertz CT molecular complexity index is 720. The molecule has 0 saturated heterocycles. The predicted octanol–water partition coefficient (Wildman–Crippen LogP) is 1.69. The lowest BCUT2D eigenvalue weighted by Gasteiger charge is -2.18. The SMILES string of the molecule is CN(c1cc(C#N)[nH]c(=O)n1)c1ccc(F)cc1F. The number of H-pyrrole nitrogens is 1. The van der Waals surface area contributed by atoms with Crippen molar-refractivity contribution < 1.29 is 8.78 Å². The maximum Gasteiger partial charge on any atom is 0.347 e. The minimum Gasteiger partial charge on any atom is -0.327 e. The Kier molecular flexibility index (Phi) is 3.25. The van der Waals surface area contributed by atoms with Crippen molar-refractivity contribution in [3.05, 3.63) is 52.1 Å². The summed E-state index contributed by atoms with van der Waals surface area (Å²) in [7, 11) is 1.46. The van der Waals surface area contributed by atoms with E-state index in [0.717, 1.165) is 12.1 Å². The summed E-state index contributed by atoms with van der Waals surface area (Å²) in [5.41, 5.74) is -0.670. The molecule has 2 rings (SSSR count). The molecule has 1 aromatic carbocycles. The zero-order chi connectivity index (χ0) is 14.0. The molecule has 2 aromatic rings. The molecule has 0 saturated carbocycles.